The molecule has 4 rings (SSSR count). The zero-order valence-corrected chi connectivity index (χ0v) is 18.1. The van der Waals surface area contributed by atoms with Crippen LogP contribution in [-0.2, 0) is 22.6 Å². The molecule has 2 aromatic carbocycles. The molecular formula is C24H26F2N4O3. The minimum Gasteiger partial charge on any atom is -0.435 e. The fourth-order valence-corrected chi connectivity index (χ4v) is 4.31. The predicted molar refractivity (Wildman–Crippen MR) is 116 cm³/mol. The first-order valence-electron chi connectivity index (χ1n) is 10.9. The van der Waals surface area contributed by atoms with Gasteiger partial charge in [0.25, 0.3) is 0 Å². The van der Waals surface area contributed by atoms with E-state index in [9.17, 15) is 13.6 Å². The van der Waals surface area contributed by atoms with Crippen LogP contribution in [0.25, 0.3) is 0 Å². The Morgan fingerprint density at radius 1 is 1.03 bits per heavy atom. The van der Waals surface area contributed by atoms with Gasteiger partial charge in [-0.3, -0.25) is 14.6 Å². The van der Waals surface area contributed by atoms with Gasteiger partial charge < -0.3 is 14.8 Å². The zero-order valence-electron chi connectivity index (χ0n) is 18.1. The van der Waals surface area contributed by atoms with Crippen molar-refractivity contribution in [2.24, 2.45) is 0 Å². The molecule has 0 saturated carbocycles. The van der Waals surface area contributed by atoms with Gasteiger partial charge in [0.1, 0.15) is 5.75 Å². The van der Waals surface area contributed by atoms with Gasteiger partial charge in [0.05, 0.1) is 30.4 Å². The standard InChI is InChI=1S/C24H26F2N4O3/c25-24(26)33-20-7-5-19(6-8-20)11-29-12-21-14-30(15-22(13-29)32-21)16-23(31)28-10-18-3-1-17(9-27)2-4-18/h1-8,21-22,24H,10-16H2,(H,28,31). The van der Waals surface area contributed by atoms with Crippen molar-refractivity contribution in [3.8, 4) is 11.8 Å². The Morgan fingerprint density at radius 3 is 2.24 bits per heavy atom. The van der Waals surface area contributed by atoms with Crippen molar-refractivity contribution in [1.29, 1.82) is 5.26 Å². The van der Waals surface area contributed by atoms with Crippen molar-refractivity contribution in [2.45, 2.75) is 31.9 Å². The molecule has 0 spiro atoms. The van der Waals surface area contributed by atoms with Crippen LogP contribution in [0.1, 0.15) is 16.7 Å². The fraction of sp³-hybridized carbons (Fsp3) is 0.417. The lowest BCUT2D eigenvalue weighted by Crippen LogP contribution is -2.60. The molecule has 0 aromatic heterocycles. The van der Waals surface area contributed by atoms with E-state index in [1.165, 1.54) is 0 Å². The number of ether oxygens (including phenoxy) is 2. The minimum absolute atomic E-state index is 0.0188. The molecule has 0 radical (unpaired) electrons. The molecule has 7 nitrogen and oxygen atoms in total. The summed E-state index contributed by atoms with van der Waals surface area (Å²) in [5.74, 6) is 0.114. The summed E-state index contributed by atoms with van der Waals surface area (Å²) in [5, 5.41) is 11.8. The van der Waals surface area contributed by atoms with Crippen molar-refractivity contribution in [2.75, 3.05) is 32.7 Å². The van der Waals surface area contributed by atoms with Crippen molar-refractivity contribution in [3.05, 3.63) is 65.2 Å². The highest BCUT2D eigenvalue weighted by molar-refractivity contribution is 5.78. The fourth-order valence-electron chi connectivity index (χ4n) is 4.31. The number of alkyl halides is 2. The number of carbonyl (C=O) groups excluding carboxylic acids is 1. The van der Waals surface area contributed by atoms with Gasteiger partial charge in [-0.05, 0) is 35.4 Å². The van der Waals surface area contributed by atoms with Crippen LogP contribution in [0.4, 0.5) is 8.78 Å². The number of fused-ring (bicyclic) bond motifs is 2. The number of benzene rings is 2. The van der Waals surface area contributed by atoms with Gasteiger partial charge in [-0.15, -0.1) is 0 Å². The van der Waals surface area contributed by atoms with Gasteiger partial charge in [-0.1, -0.05) is 24.3 Å². The van der Waals surface area contributed by atoms with Crippen LogP contribution in [0.3, 0.4) is 0 Å². The smallest absolute Gasteiger partial charge is 0.387 e. The number of halogens is 2. The molecule has 1 N–H and O–H groups in total. The number of amides is 1. The molecule has 2 unspecified atom stereocenters. The topological polar surface area (TPSA) is 77.8 Å². The van der Waals surface area contributed by atoms with Crippen molar-refractivity contribution in [1.82, 2.24) is 15.1 Å². The summed E-state index contributed by atoms with van der Waals surface area (Å²) in [6.45, 7) is 1.47. The summed E-state index contributed by atoms with van der Waals surface area (Å²) in [7, 11) is 0. The summed E-state index contributed by atoms with van der Waals surface area (Å²) in [5.41, 5.74) is 2.57. The maximum Gasteiger partial charge on any atom is 0.387 e. The molecule has 2 aliphatic rings. The van der Waals surface area contributed by atoms with Gasteiger partial charge in [0.2, 0.25) is 5.91 Å². The highest BCUT2D eigenvalue weighted by Gasteiger charge is 2.35. The molecule has 9 heteroatoms. The number of carbonyl (C=O) groups is 1. The van der Waals surface area contributed by atoms with E-state index in [0.29, 0.717) is 38.3 Å². The van der Waals surface area contributed by atoms with Crippen LogP contribution < -0.4 is 10.1 Å². The van der Waals surface area contributed by atoms with Crippen LogP contribution in [-0.4, -0.2) is 67.3 Å². The molecule has 2 aliphatic heterocycles. The lowest BCUT2D eigenvalue weighted by molar-refractivity contribution is -0.146. The molecule has 174 valence electrons. The van der Waals surface area contributed by atoms with E-state index in [1.807, 2.05) is 12.1 Å². The van der Waals surface area contributed by atoms with E-state index in [0.717, 1.165) is 24.2 Å². The second kappa shape index (κ2) is 10.7. The Kier molecular flexibility index (Phi) is 7.50. The molecule has 33 heavy (non-hydrogen) atoms. The quantitative estimate of drug-likeness (QED) is 0.657. The Bertz CT molecular complexity index is 965. The predicted octanol–water partition coefficient (Wildman–Crippen LogP) is 2.36. The van der Waals surface area contributed by atoms with E-state index < -0.39 is 6.61 Å². The number of nitrogens with zero attached hydrogens (tertiary/aromatic N) is 3. The molecule has 2 bridgehead atoms. The van der Waals surface area contributed by atoms with E-state index in [2.05, 4.69) is 25.9 Å². The lowest BCUT2D eigenvalue weighted by Gasteiger charge is -2.45. The maximum absolute atomic E-state index is 12.4. The number of morpholine rings is 2. The van der Waals surface area contributed by atoms with Crippen molar-refractivity contribution >= 4 is 5.91 Å². The third-order valence-electron chi connectivity index (χ3n) is 5.73. The molecule has 2 heterocycles. The number of rotatable bonds is 8. The molecule has 1 amide bonds. The first kappa shape index (κ1) is 23.1. The first-order chi connectivity index (χ1) is 16.0. The summed E-state index contributed by atoms with van der Waals surface area (Å²) >= 11 is 0. The molecule has 2 saturated heterocycles. The summed E-state index contributed by atoms with van der Waals surface area (Å²) in [4.78, 5) is 16.8. The maximum atomic E-state index is 12.4. The third-order valence-corrected chi connectivity index (χ3v) is 5.73. The summed E-state index contributed by atoms with van der Waals surface area (Å²) in [6.07, 6.45) is 0.0375. The number of nitrogens with one attached hydrogen (secondary N) is 1. The van der Waals surface area contributed by atoms with E-state index >= 15 is 0 Å². The number of nitriles is 1. The van der Waals surface area contributed by atoms with Crippen LogP contribution in [0.15, 0.2) is 48.5 Å². The molecule has 2 aromatic rings. The van der Waals surface area contributed by atoms with Gasteiger partial charge >= 0.3 is 6.61 Å². The van der Waals surface area contributed by atoms with Gasteiger partial charge in [0.15, 0.2) is 0 Å². The molecule has 2 fully saturated rings. The highest BCUT2D eigenvalue weighted by atomic mass is 19.3. The normalized spacial score (nSPS) is 20.9. The lowest BCUT2D eigenvalue weighted by atomic mass is 10.1. The Labute approximate surface area is 191 Å². The van der Waals surface area contributed by atoms with Gasteiger partial charge in [-0.25, -0.2) is 0 Å². The van der Waals surface area contributed by atoms with Crippen LogP contribution in [0, 0.1) is 11.3 Å². The summed E-state index contributed by atoms with van der Waals surface area (Å²) < 4.78 is 35.1. The minimum atomic E-state index is -2.82. The van der Waals surface area contributed by atoms with E-state index in [1.54, 1.807) is 36.4 Å². The van der Waals surface area contributed by atoms with Crippen LogP contribution in [0.2, 0.25) is 0 Å². The van der Waals surface area contributed by atoms with Crippen LogP contribution >= 0.6 is 0 Å². The molecular weight excluding hydrogens is 430 g/mol. The van der Waals surface area contributed by atoms with Gasteiger partial charge in [-0.2, -0.15) is 14.0 Å². The third kappa shape index (κ3) is 6.71. The largest absolute Gasteiger partial charge is 0.435 e. The average Bonchev–Trinajstić information content (AvgIpc) is 2.78. The van der Waals surface area contributed by atoms with Crippen molar-refractivity contribution < 1.29 is 23.0 Å². The van der Waals surface area contributed by atoms with E-state index in [4.69, 9.17) is 10.00 Å². The van der Waals surface area contributed by atoms with Gasteiger partial charge in [0, 0.05) is 39.3 Å². The molecule has 0 aliphatic carbocycles. The number of hydrogen-bond donors (Lipinski definition) is 1. The second-order valence-corrected chi connectivity index (χ2v) is 8.38. The highest BCUT2D eigenvalue weighted by Crippen LogP contribution is 2.22. The average molecular weight is 456 g/mol. The monoisotopic (exact) mass is 456 g/mol. The summed E-state index contributed by atoms with van der Waals surface area (Å²) in [6, 6.07) is 15.9. The van der Waals surface area contributed by atoms with Crippen molar-refractivity contribution in [3.63, 3.8) is 0 Å². The van der Waals surface area contributed by atoms with E-state index in [-0.39, 0.29) is 23.9 Å². The Morgan fingerprint density at radius 2 is 1.64 bits per heavy atom. The van der Waals surface area contributed by atoms with Crippen LogP contribution in [0.5, 0.6) is 5.75 Å². The molecule has 2 atom stereocenters. The Hall–Kier alpha value is -3.06. The first-order valence-corrected chi connectivity index (χ1v) is 10.9. The second-order valence-electron chi connectivity index (χ2n) is 8.38. The zero-order chi connectivity index (χ0) is 23.2. The Balaban J connectivity index is 1.22. The SMILES string of the molecule is N#Cc1ccc(CNC(=O)CN2CC3CN(Cc4ccc(OC(F)F)cc4)CC(C2)O3)cc1. The number of hydrogen-bond acceptors (Lipinski definition) is 6.